The molecule has 104 valence electrons. The zero-order chi connectivity index (χ0) is 14.3. The molecule has 2 aliphatic rings. The minimum absolute atomic E-state index is 0.0842. The summed E-state index contributed by atoms with van der Waals surface area (Å²) in [5.74, 6) is 0.835. The predicted molar refractivity (Wildman–Crippen MR) is 88.9 cm³/mol. The molecule has 0 spiro atoms. The number of carbonyl (C=O) groups excluding carboxylic acids is 1. The zero-order valence-corrected chi connectivity index (χ0v) is 13.7. The maximum Gasteiger partial charge on any atom is 0.256 e. The molecule has 1 aromatic rings. The van der Waals surface area contributed by atoms with E-state index in [9.17, 15) is 4.79 Å². The van der Waals surface area contributed by atoms with E-state index in [0.717, 1.165) is 18.1 Å². The molecule has 3 rings (SSSR count). The van der Waals surface area contributed by atoms with Crippen LogP contribution in [0.2, 0.25) is 0 Å². The number of fused-ring (bicyclic) bond motifs is 1. The Morgan fingerprint density at radius 1 is 1.30 bits per heavy atom. The van der Waals surface area contributed by atoms with Crippen molar-refractivity contribution >= 4 is 40.1 Å². The third-order valence-electron chi connectivity index (χ3n) is 3.61. The fourth-order valence-corrected chi connectivity index (χ4v) is 3.17. The van der Waals surface area contributed by atoms with E-state index >= 15 is 0 Å². The monoisotopic (exact) mass is 381 g/mol. The lowest BCUT2D eigenvalue weighted by Gasteiger charge is -2.36. The van der Waals surface area contributed by atoms with Crippen LogP contribution in [0.15, 0.2) is 45.1 Å². The molecule has 1 fully saturated rings. The van der Waals surface area contributed by atoms with E-state index in [0.29, 0.717) is 6.54 Å². The number of carbonyl (C=O) groups is 1. The molecule has 0 bridgehead atoms. The number of anilines is 1. The van der Waals surface area contributed by atoms with Gasteiger partial charge in [0.25, 0.3) is 5.91 Å². The van der Waals surface area contributed by atoms with Gasteiger partial charge in [0.05, 0.1) is 0 Å². The number of halogens is 1. The molecule has 0 aromatic heterocycles. The van der Waals surface area contributed by atoms with Crippen molar-refractivity contribution in [1.82, 2.24) is 4.90 Å². The first-order valence-electron chi connectivity index (χ1n) is 6.61. The van der Waals surface area contributed by atoms with Crippen LogP contribution in [0.5, 0.6) is 0 Å². The van der Waals surface area contributed by atoms with Gasteiger partial charge in [-0.15, -0.1) is 0 Å². The van der Waals surface area contributed by atoms with Crippen LogP contribution in [-0.4, -0.2) is 28.9 Å². The molecular weight excluding hydrogens is 365 g/mol. The summed E-state index contributed by atoms with van der Waals surface area (Å²) in [6.45, 7) is 4.45. The highest BCUT2D eigenvalue weighted by atomic mass is 127. The molecule has 1 saturated heterocycles. The number of para-hydroxylation sites is 1. The average molecular weight is 381 g/mol. The largest absolute Gasteiger partial charge is 0.284 e. The minimum atomic E-state index is -0.664. The van der Waals surface area contributed by atoms with Crippen LogP contribution in [0, 0.1) is 0 Å². The minimum Gasteiger partial charge on any atom is -0.284 e. The highest BCUT2D eigenvalue weighted by molar-refractivity contribution is 14.1. The molecule has 0 atom stereocenters. The fraction of sp³-hybridized carbons (Fsp3) is 0.333. The number of rotatable bonds is 1. The Labute approximate surface area is 132 Å². The van der Waals surface area contributed by atoms with Crippen LogP contribution >= 0.6 is 22.6 Å². The quantitative estimate of drug-likeness (QED) is 0.701. The van der Waals surface area contributed by atoms with Crippen molar-refractivity contribution in [2.24, 2.45) is 4.99 Å². The summed E-state index contributed by atoms with van der Waals surface area (Å²) >= 11 is 2.25. The van der Waals surface area contributed by atoms with Gasteiger partial charge in [0.15, 0.2) is 0 Å². The molecule has 2 heterocycles. The Kier molecular flexibility index (Phi) is 3.32. The van der Waals surface area contributed by atoms with Crippen LogP contribution in [0.3, 0.4) is 0 Å². The maximum absolute atomic E-state index is 12.4. The van der Waals surface area contributed by atoms with E-state index in [2.05, 4.69) is 36.6 Å². The molecule has 0 unspecified atom stereocenters. The maximum atomic E-state index is 12.4. The van der Waals surface area contributed by atoms with Gasteiger partial charge in [0, 0.05) is 24.4 Å². The van der Waals surface area contributed by atoms with E-state index in [1.807, 2.05) is 44.2 Å². The van der Waals surface area contributed by atoms with E-state index in [4.69, 9.17) is 0 Å². The Balaban J connectivity index is 2.11. The molecule has 0 saturated carbocycles. The predicted octanol–water partition coefficient (Wildman–Crippen LogP) is 3.15. The van der Waals surface area contributed by atoms with Crippen LogP contribution in [0.1, 0.15) is 20.3 Å². The lowest BCUT2D eigenvalue weighted by atomic mass is 10.1. The topological polar surface area (TPSA) is 35.9 Å². The first-order valence-corrected chi connectivity index (χ1v) is 7.85. The van der Waals surface area contributed by atoms with Crippen molar-refractivity contribution < 1.29 is 4.79 Å². The number of hydrogen-bond acceptors (Lipinski definition) is 3. The van der Waals surface area contributed by atoms with Crippen LogP contribution in [0.4, 0.5) is 5.69 Å². The lowest BCUT2D eigenvalue weighted by Crippen LogP contribution is -2.50. The Bertz CT molecular complexity index is 607. The molecule has 20 heavy (non-hydrogen) atoms. The van der Waals surface area contributed by atoms with Crippen molar-refractivity contribution in [3.8, 4) is 0 Å². The van der Waals surface area contributed by atoms with Gasteiger partial charge < -0.3 is 0 Å². The molecule has 4 nitrogen and oxygen atoms in total. The summed E-state index contributed by atoms with van der Waals surface area (Å²) in [4.78, 5) is 20.9. The highest BCUT2D eigenvalue weighted by Crippen LogP contribution is 2.34. The summed E-state index contributed by atoms with van der Waals surface area (Å²) in [6.07, 6.45) is 0.846. The number of amides is 1. The van der Waals surface area contributed by atoms with Gasteiger partial charge in [-0.2, -0.15) is 0 Å². The first kappa shape index (κ1) is 13.6. The third kappa shape index (κ3) is 2.04. The van der Waals surface area contributed by atoms with Gasteiger partial charge in [0.2, 0.25) is 5.96 Å². The van der Waals surface area contributed by atoms with Crippen molar-refractivity contribution in [2.75, 3.05) is 11.4 Å². The SMILES string of the molecule is CC1(C)N=C2N(CC/C(=C\I)N2c2ccccc2)C1=O. The summed E-state index contributed by atoms with van der Waals surface area (Å²) in [6, 6.07) is 10.1. The second kappa shape index (κ2) is 4.87. The Hall–Kier alpha value is -1.37. The van der Waals surface area contributed by atoms with Crippen molar-refractivity contribution in [1.29, 1.82) is 0 Å². The summed E-state index contributed by atoms with van der Waals surface area (Å²) < 4.78 is 2.07. The third-order valence-corrected chi connectivity index (χ3v) is 4.33. The van der Waals surface area contributed by atoms with E-state index < -0.39 is 5.54 Å². The average Bonchev–Trinajstić information content (AvgIpc) is 2.69. The molecule has 5 heteroatoms. The molecule has 0 aliphatic carbocycles. The van der Waals surface area contributed by atoms with E-state index in [1.165, 1.54) is 5.70 Å². The fourth-order valence-electron chi connectivity index (χ4n) is 2.58. The lowest BCUT2D eigenvalue weighted by molar-refractivity contribution is -0.130. The number of nitrogens with zero attached hydrogens (tertiary/aromatic N) is 3. The van der Waals surface area contributed by atoms with Gasteiger partial charge in [-0.05, 0) is 30.1 Å². The normalized spacial score (nSPS) is 23.1. The van der Waals surface area contributed by atoms with E-state index in [-0.39, 0.29) is 5.91 Å². The summed E-state index contributed by atoms with van der Waals surface area (Å²) in [5, 5.41) is 0. The molecular formula is C15H16IN3O. The van der Waals surface area contributed by atoms with Gasteiger partial charge in [0.1, 0.15) is 5.54 Å². The second-order valence-electron chi connectivity index (χ2n) is 5.45. The summed E-state index contributed by atoms with van der Waals surface area (Å²) in [7, 11) is 0. The van der Waals surface area contributed by atoms with Crippen molar-refractivity contribution in [3.05, 3.63) is 40.1 Å². The first-order chi connectivity index (χ1) is 9.54. The van der Waals surface area contributed by atoms with Crippen molar-refractivity contribution in [3.63, 3.8) is 0 Å². The Morgan fingerprint density at radius 2 is 2.00 bits per heavy atom. The molecule has 0 N–H and O–H groups in total. The van der Waals surface area contributed by atoms with Gasteiger partial charge in [-0.1, -0.05) is 40.8 Å². The smallest absolute Gasteiger partial charge is 0.256 e. The number of hydrogen-bond donors (Lipinski definition) is 0. The number of benzene rings is 1. The van der Waals surface area contributed by atoms with Gasteiger partial charge in [-0.25, -0.2) is 4.99 Å². The highest BCUT2D eigenvalue weighted by Gasteiger charge is 2.45. The van der Waals surface area contributed by atoms with Crippen LogP contribution in [0.25, 0.3) is 0 Å². The van der Waals surface area contributed by atoms with Crippen molar-refractivity contribution in [2.45, 2.75) is 25.8 Å². The van der Waals surface area contributed by atoms with Crippen LogP contribution < -0.4 is 4.90 Å². The molecule has 2 aliphatic heterocycles. The standard InChI is InChI=1S/C15H16IN3O/c1-15(2)13(20)18-9-8-12(10-16)19(14(18)17-15)11-6-4-3-5-7-11/h3-7,10H,8-9H2,1-2H3/b12-10+. The molecule has 1 amide bonds. The number of guanidine groups is 1. The molecule has 0 radical (unpaired) electrons. The molecule has 1 aromatic carbocycles. The van der Waals surface area contributed by atoms with Gasteiger partial charge in [-0.3, -0.25) is 14.6 Å². The van der Waals surface area contributed by atoms with Gasteiger partial charge >= 0.3 is 0 Å². The van der Waals surface area contributed by atoms with Crippen LogP contribution in [-0.2, 0) is 4.79 Å². The Morgan fingerprint density at radius 3 is 2.65 bits per heavy atom. The number of aliphatic imine (C=N–C) groups is 1. The van der Waals surface area contributed by atoms with E-state index in [1.54, 1.807) is 4.90 Å². The zero-order valence-electron chi connectivity index (χ0n) is 11.5. The summed E-state index contributed by atoms with van der Waals surface area (Å²) in [5.41, 5.74) is 1.56. The second-order valence-corrected chi connectivity index (χ2v) is 6.07.